The van der Waals surface area contributed by atoms with Crippen LogP contribution in [0.4, 0.5) is 11.4 Å². The fourth-order valence-corrected chi connectivity index (χ4v) is 5.52. The molecule has 0 spiro atoms. The van der Waals surface area contributed by atoms with Crippen molar-refractivity contribution >= 4 is 37.3 Å². The van der Waals surface area contributed by atoms with Gasteiger partial charge >= 0.3 is 0 Å². The Morgan fingerprint density at radius 3 is 1.97 bits per heavy atom. The van der Waals surface area contributed by atoms with Crippen LogP contribution in [0.1, 0.15) is 38.8 Å². The molecule has 2 aromatic rings. The van der Waals surface area contributed by atoms with Crippen molar-refractivity contribution in [3.63, 3.8) is 0 Å². The molecule has 10 heteroatoms. The van der Waals surface area contributed by atoms with E-state index in [1.54, 1.807) is 12.1 Å². The maximum atomic E-state index is 11.5. The van der Waals surface area contributed by atoms with E-state index in [9.17, 15) is 25.9 Å². The van der Waals surface area contributed by atoms with Crippen molar-refractivity contribution in [2.75, 3.05) is 5.32 Å². The van der Waals surface area contributed by atoms with Gasteiger partial charge in [-0.1, -0.05) is 44.2 Å². The molecule has 0 atom stereocenters. The molecule has 0 bridgehead atoms. The van der Waals surface area contributed by atoms with Crippen LogP contribution in [0.3, 0.4) is 0 Å². The van der Waals surface area contributed by atoms with E-state index in [1.807, 2.05) is 70.2 Å². The van der Waals surface area contributed by atoms with Crippen LogP contribution in [0, 0.1) is 0 Å². The maximum Gasteiger partial charge on any atom is 0.294 e. The second kappa shape index (κ2) is 9.21. The number of allylic oxidation sites excluding steroid dienone is 8. The van der Waals surface area contributed by atoms with Crippen molar-refractivity contribution in [2.24, 2.45) is 0 Å². The Morgan fingerprint density at radius 2 is 1.32 bits per heavy atom. The summed E-state index contributed by atoms with van der Waals surface area (Å²) in [6.45, 7) is 7.90. The number of hydrogen-bond donors (Lipinski definition) is 4. The fraction of sp³-hybridized carbons (Fsp3) is 0.222. The Bertz CT molecular complexity index is 1640. The first-order valence-corrected chi connectivity index (χ1v) is 14.4. The smallest absolute Gasteiger partial charge is 0.294 e. The lowest BCUT2D eigenvalue weighted by molar-refractivity contribution is -0.349. The highest BCUT2D eigenvalue weighted by Gasteiger charge is 2.40. The van der Waals surface area contributed by atoms with Gasteiger partial charge in [0.05, 0.1) is 15.2 Å². The van der Waals surface area contributed by atoms with Crippen LogP contribution < -0.4 is 10.3 Å². The third-order valence-electron chi connectivity index (χ3n) is 6.78. The largest absolute Gasteiger partial charge is 0.358 e. The minimum absolute atomic E-state index is 0.132. The van der Waals surface area contributed by atoms with Gasteiger partial charge in [0, 0.05) is 34.5 Å². The molecule has 0 aromatic heterocycles. The number of benzene rings is 2. The zero-order valence-corrected chi connectivity index (χ0v) is 22.5. The van der Waals surface area contributed by atoms with Gasteiger partial charge < -0.3 is 5.32 Å². The molecule has 2 aliphatic heterocycles. The summed E-state index contributed by atoms with van der Waals surface area (Å²) < 4.78 is 64.8. The molecule has 8 nitrogen and oxygen atoms in total. The van der Waals surface area contributed by atoms with Crippen molar-refractivity contribution < 1.29 is 30.9 Å². The SMILES string of the molecule is CC1(C)C(=CC=CC=CC=CC2=[NH+]c3ccc(S(=O)(=O)O)cc3C2(C)C)Nc2ccc(S(=O)(=O)O)cc21. The average molecular weight is 542 g/mol. The Hall–Kier alpha value is -3.31. The highest BCUT2D eigenvalue weighted by Crippen LogP contribution is 2.44. The van der Waals surface area contributed by atoms with Crippen LogP contribution in [0.5, 0.6) is 0 Å². The van der Waals surface area contributed by atoms with Gasteiger partial charge in [-0.3, -0.25) is 9.11 Å². The lowest BCUT2D eigenvalue weighted by Crippen LogP contribution is -2.65. The van der Waals surface area contributed by atoms with Crippen molar-refractivity contribution in [3.8, 4) is 0 Å². The van der Waals surface area contributed by atoms with Crippen molar-refractivity contribution in [3.05, 3.63) is 95.8 Å². The molecule has 0 radical (unpaired) electrons. The van der Waals surface area contributed by atoms with E-state index in [-0.39, 0.29) is 9.79 Å². The van der Waals surface area contributed by atoms with E-state index >= 15 is 0 Å². The molecular weight excluding hydrogens is 512 g/mol. The summed E-state index contributed by atoms with van der Waals surface area (Å²) >= 11 is 0. The van der Waals surface area contributed by atoms with Crippen molar-refractivity contribution in [2.45, 2.75) is 48.3 Å². The van der Waals surface area contributed by atoms with E-state index < -0.39 is 31.1 Å². The zero-order chi connectivity index (χ0) is 27.2. The van der Waals surface area contributed by atoms with E-state index in [0.717, 1.165) is 33.9 Å². The second-order valence-electron chi connectivity index (χ2n) is 9.99. The van der Waals surface area contributed by atoms with Gasteiger partial charge in [0.2, 0.25) is 5.69 Å². The first-order valence-electron chi connectivity index (χ1n) is 11.5. The maximum absolute atomic E-state index is 11.5. The van der Waals surface area contributed by atoms with Gasteiger partial charge in [-0.2, -0.15) is 16.8 Å². The minimum atomic E-state index is -4.28. The van der Waals surface area contributed by atoms with Crippen molar-refractivity contribution in [1.29, 1.82) is 0 Å². The number of fused-ring (bicyclic) bond motifs is 2. The first-order chi connectivity index (χ1) is 17.1. The van der Waals surface area contributed by atoms with Gasteiger partial charge in [0.15, 0.2) is 5.71 Å². The first kappa shape index (κ1) is 26.7. The molecule has 4 rings (SSSR count). The molecule has 2 heterocycles. The molecule has 2 aromatic carbocycles. The summed E-state index contributed by atoms with van der Waals surface area (Å²) in [5.74, 6) is 0. The van der Waals surface area contributed by atoms with Gasteiger partial charge in [-0.25, -0.2) is 4.99 Å². The minimum Gasteiger partial charge on any atom is -0.358 e. The lowest BCUT2D eigenvalue weighted by atomic mass is 9.81. The topological polar surface area (TPSA) is 135 Å². The summed E-state index contributed by atoms with van der Waals surface area (Å²) in [4.78, 5) is 3.04. The number of nitrogens with one attached hydrogen (secondary N) is 2. The molecular formula is C27H29N2O6S2+. The lowest BCUT2D eigenvalue weighted by Gasteiger charge is -2.20. The number of anilines is 1. The van der Waals surface area contributed by atoms with Gasteiger partial charge in [0.25, 0.3) is 20.2 Å². The molecule has 0 amide bonds. The zero-order valence-electron chi connectivity index (χ0n) is 20.8. The Labute approximate surface area is 217 Å². The molecule has 4 N–H and O–H groups in total. The highest BCUT2D eigenvalue weighted by atomic mass is 32.2. The van der Waals surface area contributed by atoms with Crippen LogP contribution in [0.15, 0.2) is 94.4 Å². The number of rotatable bonds is 6. The second-order valence-corrected chi connectivity index (χ2v) is 12.8. The summed E-state index contributed by atoms with van der Waals surface area (Å²) in [7, 11) is -8.55. The molecule has 37 heavy (non-hydrogen) atoms. The monoisotopic (exact) mass is 541 g/mol. The molecule has 2 aliphatic rings. The van der Waals surface area contributed by atoms with Gasteiger partial charge in [-0.15, -0.1) is 0 Å². The van der Waals surface area contributed by atoms with Gasteiger partial charge in [-0.05, 0) is 55.8 Å². The summed E-state index contributed by atoms with van der Waals surface area (Å²) in [5, 5.41) is 3.30. The predicted molar refractivity (Wildman–Crippen MR) is 143 cm³/mol. The molecule has 0 saturated heterocycles. The summed E-state index contributed by atoms with van der Waals surface area (Å²) in [5.41, 5.74) is 4.01. The average Bonchev–Trinajstić information content (AvgIpc) is 3.20. The molecule has 0 saturated carbocycles. The van der Waals surface area contributed by atoms with E-state index in [4.69, 9.17) is 0 Å². The van der Waals surface area contributed by atoms with Crippen LogP contribution in [-0.2, 0) is 31.1 Å². The molecule has 194 valence electrons. The molecule has 0 aliphatic carbocycles. The quantitative estimate of drug-likeness (QED) is 0.324. The van der Waals surface area contributed by atoms with Crippen LogP contribution in [-0.4, -0.2) is 31.7 Å². The fourth-order valence-electron chi connectivity index (χ4n) is 4.51. The number of hydrogen-bond acceptors (Lipinski definition) is 5. The van der Waals surface area contributed by atoms with Crippen LogP contribution in [0.25, 0.3) is 0 Å². The molecule has 0 fully saturated rings. The molecule has 0 unspecified atom stereocenters. The normalized spacial score (nSPS) is 19.5. The third-order valence-corrected chi connectivity index (χ3v) is 8.48. The third kappa shape index (κ3) is 5.24. The predicted octanol–water partition coefficient (Wildman–Crippen LogP) is 3.58. The van der Waals surface area contributed by atoms with E-state index in [2.05, 4.69) is 10.3 Å². The Kier molecular flexibility index (Phi) is 6.66. The van der Waals surface area contributed by atoms with E-state index in [0.29, 0.717) is 0 Å². The Balaban J connectivity index is 1.44. The van der Waals surface area contributed by atoms with Crippen LogP contribution >= 0.6 is 0 Å². The standard InChI is InChI=1S/C27H28N2O6S2/c1-26(2)20-16-18(36(30,31)32)12-14-22(20)28-24(26)10-8-6-5-7-9-11-25-27(3,4)21-17-19(37(33,34)35)13-15-23(21)29-25/h5-17,28H,1-4H3,(H,30,31,32)(H,33,34,35)/p+1. The summed E-state index contributed by atoms with van der Waals surface area (Å²) in [6, 6.07) is 9.02. The van der Waals surface area contributed by atoms with Gasteiger partial charge in [0.1, 0.15) is 0 Å². The van der Waals surface area contributed by atoms with Crippen molar-refractivity contribution in [1.82, 2.24) is 0 Å². The van der Waals surface area contributed by atoms with Crippen LogP contribution in [0.2, 0.25) is 0 Å². The van der Waals surface area contributed by atoms with E-state index in [1.165, 1.54) is 24.3 Å². The highest BCUT2D eigenvalue weighted by molar-refractivity contribution is 7.86. The summed E-state index contributed by atoms with van der Waals surface area (Å²) in [6.07, 6.45) is 13.2. The Morgan fingerprint density at radius 1 is 0.757 bits per heavy atom.